The zero-order valence-electron chi connectivity index (χ0n) is 15.4. The third-order valence-electron chi connectivity index (χ3n) is 5.65. The third kappa shape index (κ3) is 3.26. The third-order valence-corrected chi connectivity index (χ3v) is 5.65. The van der Waals surface area contributed by atoms with Crippen LogP contribution in [0, 0.1) is 11.8 Å². The first-order valence-electron chi connectivity index (χ1n) is 9.49. The van der Waals surface area contributed by atoms with Gasteiger partial charge in [-0.25, -0.2) is 14.4 Å². The number of halogens is 2. The van der Waals surface area contributed by atoms with E-state index in [-0.39, 0.29) is 23.8 Å². The van der Waals surface area contributed by atoms with Gasteiger partial charge in [0.1, 0.15) is 11.5 Å². The van der Waals surface area contributed by atoms with E-state index in [9.17, 15) is 13.6 Å². The fraction of sp³-hybridized carbons (Fsp3) is 0.350. The minimum Gasteiger partial charge on any atom is -0.335 e. The quantitative estimate of drug-likeness (QED) is 0.618. The maximum Gasteiger partial charge on any atom is 0.276 e. The summed E-state index contributed by atoms with van der Waals surface area (Å²) in [4.78, 5) is 26.9. The Morgan fingerprint density at radius 2 is 2.00 bits per heavy atom. The maximum absolute atomic E-state index is 13.5. The van der Waals surface area contributed by atoms with Gasteiger partial charge in [0.05, 0.1) is 11.8 Å². The summed E-state index contributed by atoms with van der Waals surface area (Å²) < 4.78 is 31.8. The average Bonchev–Trinajstić information content (AvgIpc) is 3.18. The number of fused-ring (bicyclic) bond motifs is 2. The van der Waals surface area contributed by atoms with Crippen LogP contribution in [0.15, 0.2) is 35.1 Å². The molecule has 0 aromatic carbocycles. The topological polar surface area (TPSA) is 85.0 Å². The normalized spacial score (nSPS) is 21.4. The Kier molecular flexibility index (Phi) is 4.30. The van der Waals surface area contributed by atoms with Crippen LogP contribution < -0.4 is 0 Å². The van der Waals surface area contributed by atoms with Gasteiger partial charge in [-0.05, 0) is 49.4 Å². The number of carbonyl (C=O) groups excluding carboxylic acids is 1. The molecule has 148 valence electrons. The van der Waals surface area contributed by atoms with Crippen molar-refractivity contribution in [3.63, 3.8) is 0 Å². The predicted molar refractivity (Wildman–Crippen MR) is 96.8 cm³/mol. The monoisotopic (exact) mass is 397 g/mol. The van der Waals surface area contributed by atoms with E-state index in [2.05, 4.69) is 20.1 Å². The number of rotatable bonds is 2. The van der Waals surface area contributed by atoms with Crippen LogP contribution >= 0.6 is 0 Å². The summed E-state index contributed by atoms with van der Waals surface area (Å²) >= 11 is 0. The zero-order valence-corrected chi connectivity index (χ0v) is 15.4. The fourth-order valence-electron chi connectivity index (χ4n) is 4.14. The molecule has 1 saturated heterocycles. The van der Waals surface area contributed by atoms with Crippen LogP contribution in [0.2, 0.25) is 0 Å². The van der Waals surface area contributed by atoms with Gasteiger partial charge in [0.15, 0.2) is 5.82 Å². The Balaban J connectivity index is 1.39. The minimum absolute atomic E-state index is 0.0805. The first-order valence-corrected chi connectivity index (χ1v) is 9.49. The van der Waals surface area contributed by atoms with Gasteiger partial charge in [-0.2, -0.15) is 9.37 Å². The lowest BCUT2D eigenvalue weighted by atomic mass is 9.90. The van der Waals surface area contributed by atoms with Crippen molar-refractivity contribution >= 4 is 5.91 Å². The van der Waals surface area contributed by atoms with Crippen molar-refractivity contribution in [3.8, 4) is 11.6 Å². The van der Waals surface area contributed by atoms with E-state index in [1.807, 2.05) is 4.90 Å². The highest BCUT2D eigenvalue weighted by atomic mass is 19.1. The molecule has 0 bridgehead atoms. The number of hydrogen-bond donors (Lipinski definition) is 0. The maximum atomic E-state index is 13.5. The van der Waals surface area contributed by atoms with Gasteiger partial charge in [0, 0.05) is 24.7 Å². The Labute approximate surface area is 164 Å². The summed E-state index contributed by atoms with van der Waals surface area (Å²) in [6.07, 6.45) is 5.47. The van der Waals surface area contributed by atoms with Gasteiger partial charge in [-0.15, -0.1) is 0 Å². The second-order valence-corrected chi connectivity index (χ2v) is 7.41. The lowest BCUT2D eigenvalue weighted by molar-refractivity contribution is 0.0582. The van der Waals surface area contributed by atoms with Gasteiger partial charge in [-0.1, -0.05) is 5.16 Å². The van der Waals surface area contributed by atoms with Crippen molar-refractivity contribution < 1.29 is 18.1 Å². The average molecular weight is 397 g/mol. The lowest BCUT2D eigenvalue weighted by Gasteiger charge is -2.37. The molecule has 2 aliphatic heterocycles. The molecule has 29 heavy (non-hydrogen) atoms. The number of amides is 1. The molecule has 1 amide bonds. The van der Waals surface area contributed by atoms with Crippen molar-refractivity contribution in [2.24, 2.45) is 0 Å². The second-order valence-electron chi connectivity index (χ2n) is 7.41. The molecule has 2 atom stereocenters. The largest absolute Gasteiger partial charge is 0.335 e. The Bertz CT molecular complexity index is 1070. The van der Waals surface area contributed by atoms with Crippen molar-refractivity contribution in [3.05, 3.63) is 59.3 Å². The molecule has 9 heteroatoms. The standard InChI is InChI=1S/C20H17F2N5O2/c21-13-3-6-16(23-8-13)19-25-18(26-29-19)12-2-5-14-4-1-11-7-17(22)24-9-15(11)20(28)27(14)10-12/h3,6-9,12,14H,1-2,4-5,10H2. The van der Waals surface area contributed by atoms with Crippen LogP contribution in [0.4, 0.5) is 8.78 Å². The molecule has 1 fully saturated rings. The highest BCUT2D eigenvalue weighted by Crippen LogP contribution is 2.34. The number of nitrogens with zero attached hydrogens (tertiary/aromatic N) is 5. The smallest absolute Gasteiger partial charge is 0.276 e. The summed E-state index contributed by atoms with van der Waals surface area (Å²) in [7, 11) is 0. The van der Waals surface area contributed by atoms with E-state index >= 15 is 0 Å². The van der Waals surface area contributed by atoms with Crippen molar-refractivity contribution in [1.82, 2.24) is 25.0 Å². The van der Waals surface area contributed by atoms with E-state index in [0.717, 1.165) is 25.5 Å². The molecule has 3 aromatic rings. The van der Waals surface area contributed by atoms with Crippen LogP contribution in [0.5, 0.6) is 0 Å². The van der Waals surface area contributed by atoms with Gasteiger partial charge in [0.25, 0.3) is 11.8 Å². The summed E-state index contributed by atoms with van der Waals surface area (Å²) in [6, 6.07) is 4.20. The van der Waals surface area contributed by atoms with E-state index < -0.39 is 11.8 Å². The molecule has 0 spiro atoms. The highest BCUT2D eigenvalue weighted by molar-refractivity contribution is 5.96. The van der Waals surface area contributed by atoms with Gasteiger partial charge in [0.2, 0.25) is 5.95 Å². The Morgan fingerprint density at radius 1 is 1.10 bits per heavy atom. The molecule has 2 aliphatic rings. The fourth-order valence-corrected chi connectivity index (χ4v) is 4.14. The van der Waals surface area contributed by atoms with Crippen molar-refractivity contribution in [2.45, 2.75) is 37.6 Å². The molecule has 0 aliphatic carbocycles. The minimum atomic E-state index is -0.567. The summed E-state index contributed by atoms with van der Waals surface area (Å²) in [5, 5.41) is 4.06. The SMILES string of the molecule is O=C1c2cnc(F)cc2CCC2CCC(c3noc(-c4ccc(F)cn4)n3)CN12. The summed E-state index contributed by atoms with van der Waals surface area (Å²) in [5.74, 6) is -0.510. The van der Waals surface area contributed by atoms with E-state index in [1.54, 1.807) is 0 Å². The van der Waals surface area contributed by atoms with Gasteiger partial charge < -0.3 is 9.42 Å². The first kappa shape index (κ1) is 17.8. The molecule has 0 N–H and O–H groups in total. The molecule has 7 nitrogen and oxygen atoms in total. The summed E-state index contributed by atoms with van der Waals surface area (Å²) in [6.45, 7) is 0.455. The molecular weight excluding hydrogens is 380 g/mol. The molecule has 5 rings (SSSR count). The van der Waals surface area contributed by atoms with Gasteiger partial charge in [-0.3, -0.25) is 4.79 Å². The molecule has 0 saturated carbocycles. The predicted octanol–water partition coefficient (Wildman–Crippen LogP) is 3.14. The Hall–Kier alpha value is -3.23. The van der Waals surface area contributed by atoms with Crippen molar-refractivity contribution in [2.75, 3.05) is 6.54 Å². The molecular formula is C20H17F2N5O2. The van der Waals surface area contributed by atoms with Crippen LogP contribution in [0.1, 0.15) is 46.9 Å². The van der Waals surface area contributed by atoms with E-state index in [4.69, 9.17) is 4.52 Å². The zero-order chi connectivity index (χ0) is 20.0. The number of aromatic nitrogens is 4. The summed E-state index contributed by atoms with van der Waals surface area (Å²) in [5.41, 5.74) is 1.56. The molecule has 3 aromatic heterocycles. The van der Waals surface area contributed by atoms with E-state index in [0.29, 0.717) is 35.6 Å². The second kappa shape index (κ2) is 6.98. The number of pyridine rings is 2. The molecule has 5 heterocycles. The lowest BCUT2D eigenvalue weighted by Crippen LogP contribution is -2.45. The molecule has 0 radical (unpaired) electrons. The van der Waals surface area contributed by atoms with E-state index in [1.165, 1.54) is 24.4 Å². The Morgan fingerprint density at radius 3 is 2.83 bits per heavy atom. The highest BCUT2D eigenvalue weighted by Gasteiger charge is 2.37. The number of carbonyl (C=O) groups is 1. The number of piperidine rings is 1. The molecule has 2 unspecified atom stereocenters. The van der Waals surface area contributed by atoms with Crippen molar-refractivity contribution in [1.29, 1.82) is 0 Å². The van der Waals surface area contributed by atoms with Crippen LogP contribution in [-0.4, -0.2) is 43.5 Å². The van der Waals surface area contributed by atoms with Crippen LogP contribution in [0.3, 0.4) is 0 Å². The van der Waals surface area contributed by atoms with Gasteiger partial charge >= 0.3 is 0 Å². The van der Waals surface area contributed by atoms with Crippen LogP contribution in [0.25, 0.3) is 11.6 Å². The number of aryl methyl sites for hydroxylation is 1. The first-order chi connectivity index (χ1) is 14.1. The van der Waals surface area contributed by atoms with Crippen LogP contribution in [-0.2, 0) is 6.42 Å². The number of hydrogen-bond acceptors (Lipinski definition) is 6.